The maximum absolute atomic E-state index is 6.34. The second-order valence-electron chi connectivity index (χ2n) is 7.61. The van der Waals surface area contributed by atoms with E-state index in [-0.39, 0.29) is 0 Å². The summed E-state index contributed by atoms with van der Waals surface area (Å²) in [6, 6.07) is 27.4. The molecule has 2 heteroatoms. The van der Waals surface area contributed by atoms with Gasteiger partial charge in [-0.3, -0.25) is 0 Å². The van der Waals surface area contributed by atoms with E-state index >= 15 is 0 Å². The van der Waals surface area contributed by atoms with Gasteiger partial charge in [-0.2, -0.15) is 0 Å². The van der Waals surface area contributed by atoms with Crippen LogP contribution in [0.4, 0.5) is 0 Å². The third-order valence-electron chi connectivity index (χ3n) is 5.94. The molecule has 0 spiro atoms. The second-order valence-corrected chi connectivity index (χ2v) is 7.61. The second kappa shape index (κ2) is 6.25. The maximum Gasteiger partial charge on any atom is 0.139 e. The van der Waals surface area contributed by atoms with Gasteiger partial charge in [-0.1, -0.05) is 73.7 Å². The number of hydrogen-bond acceptors (Lipinski definition) is 2. The predicted molar refractivity (Wildman–Crippen MR) is 120 cm³/mol. The molecule has 140 valence electrons. The van der Waals surface area contributed by atoms with Crippen molar-refractivity contribution in [2.24, 2.45) is 0 Å². The number of rotatable bonds is 3. The normalized spacial score (nSPS) is 11.9. The standard InChI is InChI=1S/C27H20O2/c1-2-17-14-15-19(27-25(17)22-10-4-6-13-24(22)29-27)16-18-8-7-11-21-20-9-3-5-12-23(20)28-26(18)21/h3-15H,2,16H2,1H3. The summed E-state index contributed by atoms with van der Waals surface area (Å²) in [5.74, 6) is 0. The Hall–Kier alpha value is -3.52. The highest BCUT2D eigenvalue weighted by Gasteiger charge is 2.16. The van der Waals surface area contributed by atoms with Crippen LogP contribution in [0.2, 0.25) is 0 Å². The summed E-state index contributed by atoms with van der Waals surface area (Å²) in [6.45, 7) is 2.20. The zero-order valence-electron chi connectivity index (χ0n) is 16.2. The molecule has 29 heavy (non-hydrogen) atoms. The number of furan rings is 2. The average Bonchev–Trinajstić information content (AvgIpc) is 3.34. The molecule has 0 atom stereocenters. The summed E-state index contributed by atoms with van der Waals surface area (Å²) in [6.07, 6.45) is 1.76. The summed E-state index contributed by atoms with van der Waals surface area (Å²) < 4.78 is 12.6. The van der Waals surface area contributed by atoms with Crippen molar-refractivity contribution in [1.29, 1.82) is 0 Å². The third kappa shape index (κ3) is 2.42. The minimum atomic E-state index is 0.775. The van der Waals surface area contributed by atoms with Crippen LogP contribution < -0.4 is 0 Å². The Kier molecular flexibility index (Phi) is 3.54. The minimum absolute atomic E-state index is 0.775. The topological polar surface area (TPSA) is 26.3 Å². The fourth-order valence-corrected chi connectivity index (χ4v) is 4.53. The molecule has 0 aliphatic carbocycles. The molecule has 0 aliphatic rings. The zero-order chi connectivity index (χ0) is 19.4. The van der Waals surface area contributed by atoms with Crippen molar-refractivity contribution in [3.05, 3.63) is 95.6 Å². The van der Waals surface area contributed by atoms with E-state index in [0.29, 0.717) is 0 Å². The Morgan fingerprint density at radius 1 is 0.552 bits per heavy atom. The molecule has 0 amide bonds. The van der Waals surface area contributed by atoms with E-state index in [9.17, 15) is 0 Å². The van der Waals surface area contributed by atoms with Gasteiger partial charge in [0, 0.05) is 28.0 Å². The molecule has 0 saturated heterocycles. The van der Waals surface area contributed by atoms with Crippen molar-refractivity contribution in [1.82, 2.24) is 0 Å². The van der Waals surface area contributed by atoms with E-state index in [1.54, 1.807) is 0 Å². The van der Waals surface area contributed by atoms with Crippen LogP contribution in [-0.2, 0) is 12.8 Å². The highest BCUT2D eigenvalue weighted by molar-refractivity contribution is 6.08. The van der Waals surface area contributed by atoms with Gasteiger partial charge in [0.2, 0.25) is 0 Å². The first-order chi connectivity index (χ1) is 14.3. The first kappa shape index (κ1) is 16.4. The smallest absolute Gasteiger partial charge is 0.139 e. The molecule has 6 aromatic rings. The van der Waals surface area contributed by atoms with Crippen molar-refractivity contribution < 1.29 is 8.83 Å². The summed E-state index contributed by atoms with van der Waals surface area (Å²) >= 11 is 0. The molecule has 6 rings (SSSR count). The third-order valence-corrected chi connectivity index (χ3v) is 5.94. The van der Waals surface area contributed by atoms with Crippen molar-refractivity contribution in [2.75, 3.05) is 0 Å². The van der Waals surface area contributed by atoms with Gasteiger partial charge in [0.15, 0.2) is 0 Å². The number of aryl methyl sites for hydroxylation is 1. The van der Waals surface area contributed by atoms with E-state index < -0.39 is 0 Å². The van der Waals surface area contributed by atoms with Crippen LogP contribution in [0.25, 0.3) is 43.9 Å². The Morgan fingerprint density at radius 2 is 1.17 bits per heavy atom. The number of hydrogen-bond donors (Lipinski definition) is 0. The molecule has 4 aromatic carbocycles. The molecule has 0 bridgehead atoms. The minimum Gasteiger partial charge on any atom is -0.456 e. The van der Waals surface area contributed by atoms with E-state index in [2.05, 4.69) is 67.6 Å². The van der Waals surface area contributed by atoms with Crippen LogP contribution in [0.3, 0.4) is 0 Å². The highest BCUT2D eigenvalue weighted by atomic mass is 16.3. The molecule has 0 unspecified atom stereocenters. The van der Waals surface area contributed by atoms with Gasteiger partial charge in [0.05, 0.1) is 0 Å². The lowest BCUT2D eigenvalue weighted by Crippen LogP contribution is -1.92. The van der Waals surface area contributed by atoms with Crippen LogP contribution in [0.1, 0.15) is 23.6 Å². The molecule has 0 saturated carbocycles. The number of benzene rings is 4. The van der Waals surface area contributed by atoms with Gasteiger partial charge in [0.1, 0.15) is 22.3 Å². The quantitative estimate of drug-likeness (QED) is 0.317. The van der Waals surface area contributed by atoms with E-state index in [0.717, 1.165) is 35.2 Å². The highest BCUT2D eigenvalue weighted by Crippen LogP contribution is 2.36. The number of para-hydroxylation sites is 3. The van der Waals surface area contributed by atoms with Gasteiger partial charge < -0.3 is 8.83 Å². The first-order valence-electron chi connectivity index (χ1n) is 10.1. The zero-order valence-corrected chi connectivity index (χ0v) is 16.2. The summed E-state index contributed by atoms with van der Waals surface area (Å²) in [4.78, 5) is 0. The largest absolute Gasteiger partial charge is 0.456 e. The Bertz CT molecular complexity index is 1510. The molecule has 0 fully saturated rings. The van der Waals surface area contributed by atoms with E-state index in [1.807, 2.05) is 18.2 Å². The summed E-state index contributed by atoms with van der Waals surface area (Å²) in [7, 11) is 0. The molecule has 2 nitrogen and oxygen atoms in total. The lowest BCUT2D eigenvalue weighted by molar-refractivity contribution is 0.659. The molecular formula is C27H20O2. The molecule has 0 radical (unpaired) electrons. The van der Waals surface area contributed by atoms with Gasteiger partial charge >= 0.3 is 0 Å². The lowest BCUT2D eigenvalue weighted by atomic mass is 9.97. The van der Waals surface area contributed by atoms with Crippen LogP contribution in [0.15, 0.2) is 87.7 Å². The van der Waals surface area contributed by atoms with Crippen LogP contribution in [-0.4, -0.2) is 0 Å². The van der Waals surface area contributed by atoms with Crippen molar-refractivity contribution in [3.63, 3.8) is 0 Å². The van der Waals surface area contributed by atoms with E-state index in [4.69, 9.17) is 8.83 Å². The molecular weight excluding hydrogens is 356 g/mol. The van der Waals surface area contributed by atoms with Crippen LogP contribution >= 0.6 is 0 Å². The van der Waals surface area contributed by atoms with Crippen LogP contribution in [0, 0.1) is 0 Å². The monoisotopic (exact) mass is 376 g/mol. The summed E-state index contributed by atoms with van der Waals surface area (Å²) in [5, 5.41) is 4.78. The molecule has 2 heterocycles. The van der Waals surface area contributed by atoms with Gasteiger partial charge in [-0.25, -0.2) is 0 Å². The van der Waals surface area contributed by atoms with Crippen molar-refractivity contribution in [3.8, 4) is 0 Å². The maximum atomic E-state index is 6.34. The van der Waals surface area contributed by atoms with Gasteiger partial charge in [-0.05, 0) is 35.2 Å². The van der Waals surface area contributed by atoms with Crippen LogP contribution in [0.5, 0.6) is 0 Å². The summed E-state index contributed by atoms with van der Waals surface area (Å²) in [5.41, 5.74) is 7.56. The molecule has 2 aromatic heterocycles. The van der Waals surface area contributed by atoms with Gasteiger partial charge in [0.25, 0.3) is 0 Å². The Balaban J connectivity index is 1.58. The predicted octanol–water partition coefficient (Wildman–Crippen LogP) is 7.64. The fourth-order valence-electron chi connectivity index (χ4n) is 4.53. The number of fused-ring (bicyclic) bond motifs is 6. The fraction of sp³-hybridized carbons (Fsp3) is 0.111. The first-order valence-corrected chi connectivity index (χ1v) is 10.1. The average molecular weight is 376 g/mol. The molecule has 0 aliphatic heterocycles. The van der Waals surface area contributed by atoms with Crippen molar-refractivity contribution >= 4 is 43.9 Å². The van der Waals surface area contributed by atoms with Crippen molar-refractivity contribution in [2.45, 2.75) is 19.8 Å². The Morgan fingerprint density at radius 3 is 2.00 bits per heavy atom. The lowest BCUT2D eigenvalue weighted by Gasteiger charge is -2.07. The SMILES string of the molecule is CCc1ccc(Cc2cccc3c2oc2ccccc23)c2oc3ccccc3c12. The molecule has 0 N–H and O–H groups in total. The Labute approximate surface area is 168 Å². The van der Waals surface area contributed by atoms with Gasteiger partial charge in [-0.15, -0.1) is 0 Å². The van der Waals surface area contributed by atoms with E-state index in [1.165, 1.54) is 38.2 Å².